The lowest BCUT2D eigenvalue weighted by atomic mass is 9.86. The number of hydrogen-bond acceptors (Lipinski definition) is 0. The summed E-state index contributed by atoms with van der Waals surface area (Å²) in [5, 5.41) is 0. The predicted octanol–water partition coefficient (Wildman–Crippen LogP) is 6.91. The van der Waals surface area contributed by atoms with Crippen molar-refractivity contribution in [2.75, 3.05) is 0 Å². The smallest absolute Gasteiger partial charge is 0.0250 e. The van der Waals surface area contributed by atoms with Crippen molar-refractivity contribution in [3.63, 3.8) is 0 Å². The maximum Gasteiger partial charge on any atom is -0.0250 e. The van der Waals surface area contributed by atoms with Crippen LogP contribution in [0, 0.1) is 5.92 Å². The lowest BCUT2D eigenvalue weighted by molar-refractivity contribution is 0.631. The summed E-state index contributed by atoms with van der Waals surface area (Å²) in [5.41, 5.74) is 6.61. The number of rotatable bonds is 11. The first kappa shape index (κ1) is 19.3. The second kappa shape index (κ2) is 10.9. The van der Waals surface area contributed by atoms with Crippen LogP contribution in [0.3, 0.4) is 0 Å². The summed E-state index contributed by atoms with van der Waals surface area (Å²) >= 11 is 0. The Kier molecular flexibility index (Phi) is 9.52. The number of unbranched alkanes of at least 4 members (excludes halogenated alkanes) is 3. The molecule has 0 amide bonds. The molecule has 0 fully saturated rings. The van der Waals surface area contributed by atoms with Crippen molar-refractivity contribution in [1.82, 2.24) is 0 Å². The van der Waals surface area contributed by atoms with Gasteiger partial charge in [0.15, 0.2) is 0 Å². The molecule has 1 rings (SSSR count). The molecule has 0 saturated heterocycles. The summed E-state index contributed by atoms with van der Waals surface area (Å²) in [5.74, 6) is 0.752. The first-order chi connectivity index (χ1) is 10.6. The van der Waals surface area contributed by atoms with Gasteiger partial charge in [-0.15, -0.1) is 0 Å². The topological polar surface area (TPSA) is 0 Å². The van der Waals surface area contributed by atoms with Gasteiger partial charge in [0.05, 0.1) is 0 Å². The van der Waals surface area contributed by atoms with Gasteiger partial charge in [0, 0.05) is 0 Å². The lowest BCUT2D eigenvalue weighted by Crippen LogP contribution is -2.07. The third-order valence-electron chi connectivity index (χ3n) is 4.53. The zero-order valence-corrected chi connectivity index (χ0v) is 15.8. The average Bonchev–Trinajstić information content (AvgIpc) is 2.50. The zero-order valence-electron chi connectivity index (χ0n) is 15.8. The maximum absolute atomic E-state index is 2.54. The Morgan fingerprint density at radius 1 is 0.727 bits per heavy atom. The third kappa shape index (κ3) is 6.55. The fraction of sp³-hybridized carbons (Fsp3) is 0.727. The van der Waals surface area contributed by atoms with Gasteiger partial charge in [0.2, 0.25) is 0 Å². The minimum absolute atomic E-state index is 0.752. The molecule has 0 heteroatoms. The van der Waals surface area contributed by atoms with E-state index in [-0.39, 0.29) is 0 Å². The second-order valence-corrected chi connectivity index (χ2v) is 7.30. The van der Waals surface area contributed by atoms with Crippen molar-refractivity contribution in [3.8, 4) is 0 Å². The monoisotopic (exact) mass is 302 g/mol. The van der Waals surface area contributed by atoms with Crippen LogP contribution in [0.2, 0.25) is 0 Å². The molecule has 0 aliphatic carbocycles. The highest BCUT2D eigenvalue weighted by Crippen LogP contribution is 2.25. The van der Waals surface area contributed by atoms with E-state index in [1.807, 2.05) is 0 Å². The molecule has 0 radical (unpaired) electrons. The van der Waals surface area contributed by atoms with E-state index in [4.69, 9.17) is 0 Å². The molecule has 0 bridgehead atoms. The van der Waals surface area contributed by atoms with Crippen LogP contribution >= 0.6 is 0 Å². The van der Waals surface area contributed by atoms with Crippen LogP contribution in [0.4, 0.5) is 0 Å². The highest BCUT2D eigenvalue weighted by Gasteiger charge is 2.12. The summed E-state index contributed by atoms with van der Waals surface area (Å²) in [6.07, 6.45) is 12.9. The fourth-order valence-corrected chi connectivity index (χ4v) is 3.25. The van der Waals surface area contributed by atoms with E-state index in [1.165, 1.54) is 64.2 Å². The molecule has 22 heavy (non-hydrogen) atoms. The predicted molar refractivity (Wildman–Crippen MR) is 101 cm³/mol. The van der Waals surface area contributed by atoms with E-state index in [0.717, 1.165) is 5.92 Å². The van der Waals surface area contributed by atoms with E-state index >= 15 is 0 Å². The van der Waals surface area contributed by atoms with E-state index in [0.29, 0.717) is 0 Å². The van der Waals surface area contributed by atoms with Crippen LogP contribution in [-0.2, 0) is 25.7 Å². The van der Waals surface area contributed by atoms with Crippen molar-refractivity contribution in [2.24, 2.45) is 5.92 Å². The molecular weight excluding hydrogens is 264 g/mol. The molecule has 0 heterocycles. The molecule has 126 valence electrons. The van der Waals surface area contributed by atoms with Gasteiger partial charge in [-0.2, -0.15) is 0 Å². The summed E-state index contributed by atoms with van der Waals surface area (Å²) in [7, 11) is 0. The molecule has 0 nitrogen and oxygen atoms in total. The van der Waals surface area contributed by atoms with E-state index in [1.54, 1.807) is 22.3 Å². The SMILES string of the molecule is CCCCc1cc(CCCC)c(CC(C)C)c(CCCC)c1. The first-order valence-corrected chi connectivity index (χ1v) is 9.75. The Labute approximate surface area is 139 Å². The fourth-order valence-electron chi connectivity index (χ4n) is 3.25. The Hall–Kier alpha value is -0.780. The molecule has 0 aromatic heterocycles. The Morgan fingerprint density at radius 3 is 1.59 bits per heavy atom. The van der Waals surface area contributed by atoms with Crippen LogP contribution in [0.25, 0.3) is 0 Å². The van der Waals surface area contributed by atoms with E-state index in [2.05, 4.69) is 46.8 Å². The van der Waals surface area contributed by atoms with Gasteiger partial charge in [-0.1, -0.05) is 66.0 Å². The van der Waals surface area contributed by atoms with Crippen LogP contribution in [0.5, 0.6) is 0 Å². The summed E-state index contributed by atoms with van der Waals surface area (Å²) < 4.78 is 0. The lowest BCUT2D eigenvalue weighted by Gasteiger charge is -2.19. The number of aryl methyl sites for hydroxylation is 3. The van der Waals surface area contributed by atoms with Crippen LogP contribution in [0.1, 0.15) is 95.4 Å². The van der Waals surface area contributed by atoms with E-state index in [9.17, 15) is 0 Å². The molecule has 0 N–H and O–H groups in total. The largest absolute Gasteiger partial charge is 0.0654 e. The van der Waals surface area contributed by atoms with Gasteiger partial charge >= 0.3 is 0 Å². The van der Waals surface area contributed by atoms with Gasteiger partial charge in [0.1, 0.15) is 0 Å². The van der Waals surface area contributed by atoms with Gasteiger partial charge in [0.25, 0.3) is 0 Å². The summed E-state index contributed by atoms with van der Waals surface area (Å²) in [6.45, 7) is 11.6. The standard InChI is InChI=1S/C22H38/c1-6-9-12-19-16-20(13-10-7-2)22(15-18(4)5)21(17-19)14-11-8-3/h16-18H,6-15H2,1-5H3. The second-order valence-electron chi connectivity index (χ2n) is 7.30. The van der Waals surface area contributed by atoms with Crippen molar-refractivity contribution in [1.29, 1.82) is 0 Å². The van der Waals surface area contributed by atoms with Crippen LogP contribution in [-0.4, -0.2) is 0 Å². The molecular formula is C22H38. The molecule has 1 aromatic carbocycles. The van der Waals surface area contributed by atoms with Crippen molar-refractivity contribution < 1.29 is 0 Å². The average molecular weight is 303 g/mol. The third-order valence-corrected chi connectivity index (χ3v) is 4.53. The molecule has 1 aromatic rings. The van der Waals surface area contributed by atoms with Crippen molar-refractivity contribution >= 4 is 0 Å². The van der Waals surface area contributed by atoms with Crippen LogP contribution in [0.15, 0.2) is 12.1 Å². The summed E-state index contributed by atoms with van der Waals surface area (Å²) in [6, 6.07) is 5.08. The zero-order chi connectivity index (χ0) is 16.4. The Balaban J connectivity index is 3.13. The molecule has 0 atom stereocenters. The first-order valence-electron chi connectivity index (χ1n) is 9.75. The Morgan fingerprint density at radius 2 is 1.18 bits per heavy atom. The molecule has 0 saturated carbocycles. The molecule has 0 aliphatic rings. The number of hydrogen-bond donors (Lipinski definition) is 0. The van der Waals surface area contributed by atoms with Crippen LogP contribution < -0.4 is 0 Å². The minimum atomic E-state index is 0.752. The summed E-state index contributed by atoms with van der Waals surface area (Å²) in [4.78, 5) is 0. The Bertz CT molecular complexity index is 385. The normalized spacial score (nSPS) is 11.4. The highest BCUT2D eigenvalue weighted by atomic mass is 14.2. The van der Waals surface area contributed by atoms with Gasteiger partial charge in [-0.3, -0.25) is 0 Å². The van der Waals surface area contributed by atoms with Gasteiger partial charge in [-0.05, 0) is 73.1 Å². The van der Waals surface area contributed by atoms with Crippen molar-refractivity contribution in [2.45, 2.75) is 98.8 Å². The van der Waals surface area contributed by atoms with Gasteiger partial charge in [-0.25, -0.2) is 0 Å². The van der Waals surface area contributed by atoms with Gasteiger partial charge < -0.3 is 0 Å². The number of benzene rings is 1. The molecule has 0 aliphatic heterocycles. The minimum Gasteiger partial charge on any atom is -0.0654 e. The maximum atomic E-state index is 2.54. The van der Waals surface area contributed by atoms with Crippen molar-refractivity contribution in [3.05, 3.63) is 34.4 Å². The van der Waals surface area contributed by atoms with E-state index < -0.39 is 0 Å². The quantitative estimate of drug-likeness (QED) is 0.416. The molecule has 0 spiro atoms. The molecule has 0 unspecified atom stereocenters. The highest BCUT2D eigenvalue weighted by molar-refractivity contribution is 5.40.